The summed E-state index contributed by atoms with van der Waals surface area (Å²) >= 11 is 0. The smallest absolute Gasteiger partial charge is 0.260 e. The van der Waals surface area contributed by atoms with Gasteiger partial charge in [0.15, 0.2) is 0 Å². The summed E-state index contributed by atoms with van der Waals surface area (Å²) in [7, 11) is 0. The van der Waals surface area contributed by atoms with Crippen molar-refractivity contribution < 1.29 is 13.9 Å². The van der Waals surface area contributed by atoms with Gasteiger partial charge in [-0.05, 0) is 113 Å². The fourth-order valence-electron chi connectivity index (χ4n) is 7.32. The highest BCUT2D eigenvalue weighted by atomic mass is 16.5. The minimum atomic E-state index is 0.000462. The van der Waals surface area contributed by atoms with Gasteiger partial charge in [-0.1, -0.05) is 60.7 Å². The molecule has 7 aromatic carbocycles. The van der Waals surface area contributed by atoms with Crippen LogP contribution >= 0.6 is 0 Å². The van der Waals surface area contributed by atoms with Crippen molar-refractivity contribution in [3.63, 3.8) is 0 Å². The van der Waals surface area contributed by atoms with Crippen molar-refractivity contribution in [1.82, 2.24) is 0 Å². The van der Waals surface area contributed by atoms with Crippen LogP contribution in [0.1, 0.15) is 5.56 Å². The standard InChI is InChI=1S/C41H26BNO3/c1-25-18-39-41-40(19-25)46-38-23-32-31-21-26-16-17-30(43(28-10-4-2-5-11-28)29-12-6-3-7-13-29)20-27(26)22-36(31)45-37(32)24-34(38)42(41)33-14-8-9-15-35(33)44-39/h2-24H,1H3. The monoisotopic (exact) mass is 591 g/mol. The Bertz CT molecular complexity index is 2470. The summed E-state index contributed by atoms with van der Waals surface area (Å²) in [5, 5.41) is 4.40. The Hall–Kier alpha value is -5.94. The minimum absolute atomic E-state index is 0.000462. The number of furan rings is 1. The Morgan fingerprint density at radius 2 is 1.13 bits per heavy atom. The molecule has 0 saturated carbocycles. The molecule has 5 heteroatoms. The molecule has 216 valence electrons. The molecule has 0 saturated heterocycles. The summed E-state index contributed by atoms with van der Waals surface area (Å²) in [5.41, 5.74) is 9.42. The first kappa shape index (κ1) is 25.4. The van der Waals surface area contributed by atoms with Gasteiger partial charge in [0.25, 0.3) is 6.71 Å². The van der Waals surface area contributed by atoms with Crippen LogP contribution in [0, 0.1) is 6.92 Å². The van der Waals surface area contributed by atoms with Crippen LogP contribution in [0.4, 0.5) is 17.1 Å². The molecule has 0 bridgehead atoms. The van der Waals surface area contributed by atoms with Crippen LogP contribution in [0.15, 0.2) is 144 Å². The SMILES string of the molecule is Cc1cc2c3c(c1)Oc1cc4c(cc1B3c1ccccc1O2)oc1cc2cc(N(c3ccccc3)c3ccccc3)ccc2cc14. The van der Waals surface area contributed by atoms with Gasteiger partial charge >= 0.3 is 0 Å². The highest BCUT2D eigenvalue weighted by Gasteiger charge is 2.40. The van der Waals surface area contributed by atoms with Crippen molar-refractivity contribution in [3.8, 4) is 23.0 Å². The maximum Gasteiger partial charge on any atom is 0.260 e. The highest BCUT2D eigenvalue weighted by Crippen LogP contribution is 2.41. The Morgan fingerprint density at radius 1 is 0.478 bits per heavy atom. The van der Waals surface area contributed by atoms with Crippen molar-refractivity contribution in [2.75, 3.05) is 4.90 Å². The van der Waals surface area contributed by atoms with Crippen LogP contribution in [-0.2, 0) is 0 Å². The second-order valence-electron chi connectivity index (χ2n) is 12.2. The van der Waals surface area contributed by atoms with Crippen molar-refractivity contribution in [3.05, 3.63) is 145 Å². The Morgan fingerprint density at radius 3 is 1.89 bits per heavy atom. The number of para-hydroxylation sites is 3. The van der Waals surface area contributed by atoms with Gasteiger partial charge < -0.3 is 18.8 Å². The fraction of sp³-hybridized carbons (Fsp3) is 0.0244. The number of aryl methyl sites for hydroxylation is 1. The molecule has 4 nitrogen and oxygen atoms in total. The largest absolute Gasteiger partial charge is 0.458 e. The average Bonchev–Trinajstić information content (AvgIpc) is 3.43. The molecule has 2 aliphatic heterocycles. The number of benzene rings is 7. The molecule has 0 aliphatic carbocycles. The van der Waals surface area contributed by atoms with E-state index in [0.717, 1.165) is 94.7 Å². The van der Waals surface area contributed by atoms with E-state index in [2.05, 4.69) is 127 Å². The van der Waals surface area contributed by atoms with Crippen LogP contribution in [0.2, 0.25) is 0 Å². The van der Waals surface area contributed by atoms with E-state index in [0.29, 0.717) is 0 Å². The molecule has 0 radical (unpaired) electrons. The van der Waals surface area contributed by atoms with Crippen molar-refractivity contribution in [2.45, 2.75) is 6.92 Å². The maximum atomic E-state index is 6.63. The number of hydrogen-bond acceptors (Lipinski definition) is 4. The molecule has 46 heavy (non-hydrogen) atoms. The summed E-state index contributed by atoms with van der Waals surface area (Å²) in [6.07, 6.45) is 0. The number of anilines is 3. The van der Waals surface area contributed by atoms with E-state index in [-0.39, 0.29) is 6.71 Å². The van der Waals surface area contributed by atoms with Gasteiger partial charge in [-0.2, -0.15) is 0 Å². The van der Waals surface area contributed by atoms with Gasteiger partial charge in [0.1, 0.15) is 34.2 Å². The van der Waals surface area contributed by atoms with E-state index in [1.807, 2.05) is 24.3 Å². The van der Waals surface area contributed by atoms with Gasteiger partial charge in [0.05, 0.1) is 0 Å². The van der Waals surface area contributed by atoms with Crippen molar-refractivity contribution in [2.24, 2.45) is 0 Å². The Kier molecular flexibility index (Phi) is 5.26. The van der Waals surface area contributed by atoms with Gasteiger partial charge in [-0.25, -0.2) is 0 Å². The maximum absolute atomic E-state index is 6.63. The second kappa shape index (κ2) is 9.53. The predicted octanol–water partition coefficient (Wildman–Crippen LogP) is 9.25. The van der Waals surface area contributed by atoms with Gasteiger partial charge in [-0.3, -0.25) is 0 Å². The number of ether oxygens (including phenoxy) is 2. The highest BCUT2D eigenvalue weighted by molar-refractivity contribution is 6.98. The average molecular weight is 591 g/mol. The quantitative estimate of drug-likeness (QED) is 0.192. The first-order chi connectivity index (χ1) is 22.7. The number of hydrogen-bond donors (Lipinski definition) is 0. The molecule has 0 N–H and O–H groups in total. The number of fused-ring (bicyclic) bond motifs is 8. The molecule has 0 atom stereocenters. The van der Waals surface area contributed by atoms with E-state index in [1.165, 1.54) is 0 Å². The zero-order chi connectivity index (χ0) is 30.4. The lowest BCUT2D eigenvalue weighted by atomic mass is 9.35. The zero-order valence-electron chi connectivity index (χ0n) is 25.0. The molecule has 2 aliphatic rings. The summed E-state index contributed by atoms with van der Waals surface area (Å²) < 4.78 is 19.6. The fourth-order valence-corrected chi connectivity index (χ4v) is 7.32. The van der Waals surface area contributed by atoms with Crippen molar-refractivity contribution >= 4 is 72.9 Å². The molecule has 0 fully saturated rings. The van der Waals surface area contributed by atoms with Gasteiger partial charge in [-0.15, -0.1) is 0 Å². The molecule has 3 heterocycles. The molecule has 0 unspecified atom stereocenters. The summed E-state index contributed by atoms with van der Waals surface area (Å²) in [6.45, 7) is 2.08. The summed E-state index contributed by atoms with van der Waals surface area (Å²) in [4.78, 5) is 2.28. The van der Waals surface area contributed by atoms with Crippen LogP contribution in [0.25, 0.3) is 32.7 Å². The summed E-state index contributed by atoms with van der Waals surface area (Å²) in [6, 6.07) is 48.9. The van der Waals surface area contributed by atoms with E-state index in [1.54, 1.807) is 0 Å². The number of nitrogens with zero attached hydrogens (tertiary/aromatic N) is 1. The first-order valence-corrected chi connectivity index (χ1v) is 15.6. The summed E-state index contributed by atoms with van der Waals surface area (Å²) in [5.74, 6) is 3.46. The second-order valence-corrected chi connectivity index (χ2v) is 12.2. The lowest BCUT2D eigenvalue weighted by Crippen LogP contribution is -2.57. The van der Waals surface area contributed by atoms with Gasteiger partial charge in [0, 0.05) is 33.3 Å². The van der Waals surface area contributed by atoms with E-state index < -0.39 is 0 Å². The normalized spacial score (nSPS) is 12.8. The van der Waals surface area contributed by atoms with Gasteiger partial charge in [0.2, 0.25) is 0 Å². The Balaban J connectivity index is 1.14. The lowest BCUT2D eigenvalue weighted by Gasteiger charge is -2.33. The number of rotatable bonds is 3. The lowest BCUT2D eigenvalue weighted by molar-refractivity contribution is 0.464. The van der Waals surface area contributed by atoms with Crippen LogP contribution < -0.4 is 30.8 Å². The predicted molar refractivity (Wildman–Crippen MR) is 188 cm³/mol. The molecule has 0 spiro atoms. The first-order valence-electron chi connectivity index (χ1n) is 15.6. The molecular formula is C41H26BNO3. The third kappa shape index (κ3) is 3.75. The van der Waals surface area contributed by atoms with E-state index in [4.69, 9.17) is 13.9 Å². The Labute approximate surface area is 266 Å². The third-order valence-corrected chi connectivity index (χ3v) is 9.35. The molecule has 1 aromatic heterocycles. The molecular weight excluding hydrogens is 565 g/mol. The van der Waals surface area contributed by atoms with Crippen LogP contribution in [-0.4, -0.2) is 6.71 Å². The molecule has 10 rings (SSSR count). The van der Waals surface area contributed by atoms with E-state index >= 15 is 0 Å². The minimum Gasteiger partial charge on any atom is -0.458 e. The third-order valence-electron chi connectivity index (χ3n) is 9.35. The van der Waals surface area contributed by atoms with Crippen molar-refractivity contribution in [1.29, 1.82) is 0 Å². The van der Waals surface area contributed by atoms with E-state index in [9.17, 15) is 0 Å². The zero-order valence-corrected chi connectivity index (χ0v) is 25.0. The van der Waals surface area contributed by atoms with Crippen LogP contribution in [0.5, 0.6) is 23.0 Å². The molecule has 0 amide bonds. The van der Waals surface area contributed by atoms with Crippen LogP contribution in [0.3, 0.4) is 0 Å². The molecule has 8 aromatic rings. The topological polar surface area (TPSA) is 34.8 Å².